The molecule has 1 saturated heterocycles. The molecule has 30 heavy (non-hydrogen) atoms. The number of halogens is 1. The van der Waals surface area contributed by atoms with Crippen LogP contribution in [0.25, 0.3) is 0 Å². The van der Waals surface area contributed by atoms with Gasteiger partial charge in [-0.1, -0.05) is 30.4 Å². The summed E-state index contributed by atoms with van der Waals surface area (Å²) < 4.78 is 15.4. The molecule has 1 nitrogen and oxygen atoms in total. The minimum absolute atomic E-state index is 0.0132. The van der Waals surface area contributed by atoms with E-state index in [1.165, 1.54) is 31.2 Å². The molecule has 3 rings (SSSR count). The summed E-state index contributed by atoms with van der Waals surface area (Å²) >= 11 is 0. The van der Waals surface area contributed by atoms with Crippen molar-refractivity contribution < 1.29 is 4.39 Å². The lowest BCUT2D eigenvalue weighted by Gasteiger charge is -2.55. The number of allylic oxidation sites excluding steroid dienone is 2. The third kappa shape index (κ3) is 5.07. The molecule has 0 spiro atoms. The number of benzene rings is 1. The zero-order valence-electron chi connectivity index (χ0n) is 19.9. The fourth-order valence-electron chi connectivity index (χ4n) is 6.41. The molecule has 0 aromatic heterocycles. The quantitative estimate of drug-likeness (QED) is 0.429. The van der Waals surface area contributed by atoms with Crippen LogP contribution in [-0.4, -0.2) is 22.5 Å². The molecule has 0 unspecified atom stereocenters. The van der Waals surface area contributed by atoms with Crippen LogP contribution in [0.1, 0.15) is 103 Å². The van der Waals surface area contributed by atoms with Crippen LogP contribution in [-0.2, 0) is 0 Å². The van der Waals surface area contributed by atoms with Crippen molar-refractivity contribution >= 4 is 0 Å². The third-order valence-electron chi connectivity index (χ3n) is 7.68. The Labute approximate surface area is 184 Å². The van der Waals surface area contributed by atoms with E-state index in [4.69, 9.17) is 0 Å². The predicted octanol–water partition coefficient (Wildman–Crippen LogP) is 7.99. The van der Waals surface area contributed by atoms with E-state index >= 15 is 4.39 Å². The molecule has 1 aromatic carbocycles. The molecule has 2 fully saturated rings. The Hall–Kier alpha value is -1.41. The van der Waals surface area contributed by atoms with E-state index in [-0.39, 0.29) is 22.8 Å². The van der Waals surface area contributed by atoms with E-state index in [1.807, 2.05) is 12.1 Å². The van der Waals surface area contributed by atoms with Crippen LogP contribution in [0.5, 0.6) is 0 Å². The van der Waals surface area contributed by atoms with Crippen LogP contribution in [0, 0.1) is 11.7 Å². The van der Waals surface area contributed by atoms with Gasteiger partial charge in [-0.05, 0) is 115 Å². The van der Waals surface area contributed by atoms with Gasteiger partial charge in [-0.25, -0.2) is 4.39 Å². The van der Waals surface area contributed by atoms with Crippen molar-refractivity contribution in [3.8, 4) is 0 Å². The average Bonchev–Trinajstić information content (AvgIpc) is 2.67. The van der Waals surface area contributed by atoms with Gasteiger partial charge in [-0.2, -0.15) is 0 Å². The second kappa shape index (κ2) is 9.39. The first-order chi connectivity index (χ1) is 14.2. The second-order valence-electron chi connectivity index (χ2n) is 10.9. The minimum Gasteiger partial charge on any atom is -0.293 e. The smallest absolute Gasteiger partial charge is 0.126 e. The van der Waals surface area contributed by atoms with Crippen LogP contribution < -0.4 is 0 Å². The van der Waals surface area contributed by atoms with Gasteiger partial charge in [0.05, 0.1) is 0 Å². The summed E-state index contributed by atoms with van der Waals surface area (Å²) in [5, 5.41) is 0. The molecule has 0 amide bonds. The number of hydrogen-bond donors (Lipinski definition) is 0. The summed E-state index contributed by atoms with van der Waals surface area (Å²) in [6, 6.07) is 6.20. The van der Waals surface area contributed by atoms with Gasteiger partial charge in [0.1, 0.15) is 5.82 Å². The van der Waals surface area contributed by atoms with Gasteiger partial charge >= 0.3 is 0 Å². The Morgan fingerprint density at radius 2 is 1.67 bits per heavy atom. The Balaban J connectivity index is 1.75. The number of likely N-dealkylation sites (tertiary alicyclic amines) is 1. The van der Waals surface area contributed by atoms with Crippen molar-refractivity contribution in [3.05, 3.63) is 60.0 Å². The van der Waals surface area contributed by atoms with Crippen molar-refractivity contribution in [1.82, 2.24) is 4.90 Å². The molecule has 2 heteroatoms. The predicted molar refractivity (Wildman–Crippen MR) is 128 cm³/mol. The summed E-state index contributed by atoms with van der Waals surface area (Å²) in [6.45, 7) is 16.3. The van der Waals surface area contributed by atoms with Gasteiger partial charge in [0.25, 0.3) is 0 Å². The standard InChI is InChI=1S/C28H42FN/c1-7-9-17-30-27(3,4)19-24(20-28(30,5)6)25-16-15-23(18-26(25)29)22-13-11-21(10-8-2)12-14-22/h7-8,10,15-16,18,21-22,24H,1,9,11-14,17,19-20H2,2-6H3/b10-8+. The summed E-state index contributed by atoms with van der Waals surface area (Å²) in [5.74, 6) is 1.52. The molecule has 0 bridgehead atoms. The van der Waals surface area contributed by atoms with Crippen LogP contribution in [0.2, 0.25) is 0 Å². The SMILES string of the molecule is C=CCCN1C(C)(C)CC(c2ccc(C3CCC(/C=C/C)CC3)cc2F)CC1(C)C. The normalized spacial score (nSPS) is 27.4. The van der Waals surface area contributed by atoms with Gasteiger partial charge in [0.2, 0.25) is 0 Å². The molecular formula is C28H42FN. The molecule has 0 N–H and O–H groups in total. The maximum Gasteiger partial charge on any atom is 0.126 e. The maximum atomic E-state index is 15.4. The average molecular weight is 412 g/mol. The first kappa shape index (κ1) is 23.3. The molecule has 1 heterocycles. The van der Waals surface area contributed by atoms with Gasteiger partial charge in [0.15, 0.2) is 0 Å². The van der Waals surface area contributed by atoms with Crippen molar-refractivity contribution in [2.24, 2.45) is 5.92 Å². The Morgan fingerprint density at radius 3 is 2.20 bits per heavy atom. The van der Waals surface area contributed by atoms with Crippen molar-refractivity contribution in [2.75, 3.05) is 6.54 Å². The largest absolute Gasteiger partial charge is 0.293 e. The molecule has 166 valence electrons. The lowest BCUT2D eigenvalue weighted by atomic mass is 9.70. The van der Waals surface area contributed by atoms with E-state index < -0.39 is 0 Å². The lowest BCUT2D eigenvalue weighted by molar-refractivity contribution is -0.0350. The van der Waals surface area contributed by atoms with Crippen LogP contribution in [0.3, 0.4) is 0 Å². The van der Waals surface area contributed by atoms with Gasteiger partial charge in [-0.15, -0.1) is 6.58 Å². The summed E-state index contributed by atoms with van der Waals surface area (Å²) in [6.07, 6.45) is 14.3. The van der Waals surface area contributed by atoms with Crippen molar-refractivity contribution in [3.63, 3.8) is 0 Å². The third-order valence-corrected chi connectivity index (χ3v) is 7.68. The van der Waals surface area contributed by atoms with E-state index in [0.29, 0.717) is 11.8 Å². The number of nitrogens with zero attached hydrogens (tertiary/aromatic N) is 1. The van der Waals surface area contributed by atoms with Crippen molar-refractivity contribution in [1.29, 1.82) is 0 Å². The number of rotatable bonds is 6. The van der Waals surface area contributed by atoms with Gasteiger partial charge in [-0.3, -0.25) is 4.90 Å². The Kier molecular flexibility index (Phi) is 7.28. The second-order valence-corrected chi connectivity index (χ2v) is 10.9. The summed E-state index contributed by atoms with van der Waals surface area (Å²) in [7, 11) is 0. The molecule has 1 aliphatic carbocycles. The molecule has 0 atom stereocenters. The summed E-state index contributed by atoms with van der Waals surface area (Å²) in [5.41, 5.74) is 2.22. The highest BCUT2D eigenvalue weighted by molar-refractivity contribution is 5.31. The van der Waals surface area contributed by atoms with Gasteiger partial charge in [0, 0.05) is 17.6 Å². The highest BCUT2D eigenvalue weighted by Gasteiger charge is 2.45. The first-order valence-electron chi connectivity index (χ1n) is 12.0. The maximum absolute atomic E-state index is 15.4. The Morgan fingerprint density at radius 1 is 1.03 bits per heavy atom. The summed E-state index contributed by atoms with van der Waals surface area (Å²) in [4.78, 5) is 2.60. The zero-order chi connectivity index (χ0) is 21.9. The topological polar surface area (TPSA) is 3.24 Å². The molecule has 1 saturated carbocycles. The molecule has 1 aliphatic heterocycles. The molecule has 2 aliphatic rings. The fraction of sp³-hybridized carbons (Fsp3) is 0.643. The van der Waals surface area contributed by atoms with E-state index in [1.54, 1.807) is 0 Å². The van der Waals surface area contributed by atoms with Crippen LogP contribution in [0.4, 0.5) is 4.39 Å². The monoisotopic (exact) mass is 411 g/mol. The van der Waals surface area contributed by atoms with Gasteiger partial charge < -0.3 is 0 Å². The number of piperidine rings is 1. The highest BCUT2D eigenvalue weighted by atomic mass is 19.1. The lowest BCUT2D eigenvalue weighted by Crippen LogP contribution is -2.60. The van der Waals surface area contributed by atoms with Crippen LogP contribution >= 0.6 is 0 Å². The zero-order valence-corrected chi connectivity index (χ0v) is 19.9. The first-order valence-corrected chi connectivity index (χ1v) is 12.0. The molecular weight excluding hydrogens is 369 g/mol. The highest BCUT2D eigenvalue weighted by Crippen LogP contribution is 2.46. The van der Waals surface area contributed by atoms with Crippen LogP contribution in [0.15, 0.2) is 43.0 Å². The van der Waals surface area contributed by atoms with E-state index in [0.717, 1.165) is 31.4 Å². The molecule has 0 radical (unpaired) electrons. The van der Waals surface area contributed by atoms with E-state index in [2.05, 4.69) is 70.4 Å². The number of hydrogen-bond acceptors (Lipinski definition) is 1. The van der Waals surface area contributed by atoms with E-state index in [9.17, 15) is 0 Å². The van der Waals surface area contributed by atoms with Crippen molar-refractivity contribution in [2.45, 2.75) is 102 Å². The molecule has 1 aromatic rings. The fourth-order valence-corrected chi connectivity index (χ4v) is 6.41. The Bertz CT molecular complexity index is 734. The minimum atomic E-state index is 0.0132.